The summed E-state index contributed by atoms with van der Waals surface area (Å²) in [5, 5.41) is 10.9. The lowest BCUT2D eigenvalue weighted by Gasteiger charge is -2.26. The van der Waals surface area contributed by atoms with E-state index in [9.17, 15) is 14.7 Å². The molecule has 146 valence electrons. The molecule has 2 aromatic rings. The van der Waals surface area contributed by atoms with Crippen molar-refractivity contribution in [2.24, 2.45) is 0 Å². The van der Waals surface area contributed by atoms with Crippen molar-refractivity contribution >= 4 is 33.4 Å². The maximum Gasteiger partial charge on any atom is 0.295 e. The van der Waals surface area contributed by atoms with Crippen molar-refractivity contribution in [1.82, 2.24) is 9.80 Å². The molecule has 1 saturated heterocycles. The quantitative estimate of drug-likeness (QED) is 0.419. The standard InChI is InChI=1S/C22H23BrN2O3/c1-24(2)12-7-13-25-19(16-10-6-11-17(23)14-16)18(21(27)22(25)28)20(26)15-8-4-3-5-9-15/h3-6,8-11,14,19,26H,7,12-13H2,1-2H3/t19-/m1/s1. The van der Waals surface area contributed by atoms with Gasteiger partial charge in [0.15, 0.2) is 0 Å². The van der Waals surface area contributed by atoms with Gasteiger partial charge in [-0.1, -0.05) is 58.4 Å². The van der Waals surface area contributed by atoms with Crippen LogP contribution in [0.25, 0.3) is 5.76 Å². The number of hydrogen-bond acceptors (Lipinski definition) is 4. The second-order valence-corrected chi connectivity index (χ2v) is 7.99. The maximum atomic E-state index is 12.9. The first-order chi connectivity index (χ1) is 13.4. The average molecular weight is 443 g/mol. The molecular weight excluding hydrogens is 420 g/mol. The van der Waals surface area contributed by atoms with Crippen molar-refractivity contribution in [1.29, 1.82) is 0 Å². The van der Waals surface area contributed by atoms with Crippen molar-refractivity contribution in [2.75, 3.05) is 27.2 Å². The van der Waals surface area contributed by atoms with Gasteiger partial charge in [-0.25, -0.2) is 0 Å². The fourth-order valence-corrected chi connectivity index (χ4v) is 3.86. The molecule has 1 aliphatic heterocycles. The minimum Gasteiger partial charge on any atom is -0.507 e. The molecule has 1 fully saturated rings. The van der Waals surface area contributed by atoms with E-state index in [0.29, 0.717) is 12.1 Å². The molecule has 5 nitrogen and oxygen atoms in total. The fraction of sp³-hybridized carbons (Fsp3) is 0.273. The summed E-state index contributed by atoms with van der Waals surface area (Å²) in [6, 6.07) is 15.8. The van der Waals surface area contributed by atoms with E-state index in [1.807, 2.05) is 49.3 Å². The normalized spacial score (nSPS) is 18.9. The highest BCUT2D eigenvalue weighted by Crippen LogP contribution is 2.40. The molecule has 1 heterocycles. The number of rotatable bonds is 6. The molecule has 0 aliphatic carbocycles. The number of Topliss-reactive ketones (excluding diaryl/α,β-unsaturated/α-hetero) is 1. The molecule has 3 rings (SSSR count). The SMILES string of the molecule is CN(C)CCCN1C(=O)C(=O)C(=C(O)c2ccccc2)[C@H]1c1cccc(Br)c1. The number of benzene rings is 2. The fourth-order valence-electron chi connectivity index (χ4n) is 3.44. The number of carbonyl (C=O) groups is 2. The van der Waals surface area contributed by atoms with Crippen LogP contribution in [0.15, 0.2) is 64.6 Å². The third kappa shape index (κ3) is 4.18. The zero-order valence-corrected chi connectivity index (χ0v) is 17.5. The van der Waals surface area contributed by atoms with Gasteiger partial charge in [-0.2, -0.15) is 0 Å². The first-order valence-electron chi connectivity index (χ1n) is 9.14. The van der Waals surface area contributed by atoms with Gasteiger partial charge in [0.25, 0.3) is 11.7 Å². The van der Waals surface area contributed by atoms with Gasteiger partial charge in [0.1, 0.15) is 5.76 Å². The molecule has 0 unspecified atom stereocenters. The molecule has 1 amide bonds. The maximum absolute atomic E-state index is 12.9. The zero-order chi connectivity index (χ0) is 20.3. The topological polar surface area (TPSA) is 60.9 Å². The van der Waals surface area contributed by atoms with Crippen LogP contribution >= 0.6 is 15.9 Å². The average Bonchev–Trinajstić information content (AvgIpc) is 2.93. The number of likely N-dealkylation sites (tertiary alicyclic amines) is 1. The molecule has 0 bridgehead atoms. The van der Waals surface area contributed by atoms with Crippen LogP contribution in [0.3, 0.4) is 0 Å². The molecule has 28 heavy (non-hydrogen) atoms. The number of halogens is 1. The summed E-state index contributed by atoms with van der Waals surface area (Å²) in [6.07, 6.45) is 0.732. The Morgan fingerprint density at radius 1 is 1.11 bits per heavy atom. The van der Waals surface area contributed by atoms with Crippen LogP contribution < -0.4 is 0 Å². The molecule has 1 N–H and O–H groups in total. The molecule has 0 aromatic heterocycles. The molecule has 0 radical (unpaired) electrons. The summed E-state index contributed by atoms with van der Waals surface area (Å²) < 4.78 is 0.851. The van der Waals surface area contributed by atoms with Gasteiger partial charge in [-0.3, -0.25) is 9.59 Å². The summed E-state index contributed by atoms with van der Waals surface area (Å²) in [5.41, 5.74) is 1.45. The van der Waals surface area contributed by atoms with Gasteiger partial charge in [0.2, 0.25) is 0 Å². The lowest BCUT2D eigenvalue weighted by atomic mass is 9.95. The van der Waals surface area contributed by atoms with Gasteiger partial charge >= 0.3 is 0 Å². The lowest BCUT2D eigenvalue weighted by Crippen LogP contribution is -2.32. The number of amides is 1. The summed E-state index contributed by atoms with van der Waals surface area (Å²) in [7, 11) is 3.94. The Kier molecular flexibility index (Phi) is 6.31. The Bertz CT molecular complexity index is 909. The van der Waals surface area contributed by atoms with Crippen LogP contribution in [0.1, 0.15) is 23.6 Å². The minimum absolute atomic E-state index is 0.138. The van der Waals surface area contributed by atoms with Crippen molar-refractivity contribution in [3.63, 3.8) is 0 Å². The first-order valence-corrected chi connectivity index (χ1v) is 9.93. The Morgan fingerprint density at radius 2 is 1.82 bits per heavy atom. The highest BCUT2D eigenvalue weighted by Gasteiger charge is 2.45. The highest BCUT2D eigenvalue weighted by atomic mass is 79.9. The third-order valence-electron chi connectivity index (χ3n) is 4.76. The third-order valence-corrected chi connectivity index (χ3v) is 5.25. The second kappa shape index (κ2) is 8.71. The Morgan fingerprint density at radius 3 is 2.46 bits per heavy atom. The largest absolute Gasteiger partial charge is 0.507 e. The van der Waals surface area contributed by atoms with Crippen molar-refractivity contribution < 1.29 is 14.7 Å². The molecule has 0 spiro atoms. The number of carbonyl (C=O) groups excluding carboxylic acids is 2. The van der Waals surface area contributed by atoms with Crippen LogP contribution in [-0.2, 0) is 9.59 Å². The molecule has 2 aromatic carbocycles. The Balaban J connectivity index is 2.08. The molecule has 0 saturated carbocycles. The van der Waals surface area contributed by atoms with Crippen molar-refractivity contribution in [3.8, 4) is 0 Å². The minimum atomic E-state index is -0.642. The van der Waals surface area contributed by atoms with Crippen molar-refractivity contribution in [3.05, 3.63) is 75.8 Å². The van der Waals surface area contributed by atoms with E-state index < -0.39 is 17.7 Å². The summed E-state index contributed by atoms with van der Waals surface area (Å²) in [5.74, 6) is -1.35. The van der Waals surface area contributed by atoms with E-state index in [-0.39, 0.29) is 11.3 Å². The predicted molar refractivity (Wildman–Crippen MR) is 113 cm³/mol. The van der Waals surface area contributed by atoms with Crippen LogP contribution in [0, 0.1) is 0 Å². The van der Waals surface area contributed by atoms with Gasteiger partial charge in [-0.15, -0.1) is 0 Å². The van der Waals surface area contributed by atoms with Crippen LogP contribution in [0.5, 0.6) is 0 Å². The monoisotopic (exact) mass is 442 g/mol. The van der Waals surface area contributed by atoms with E-state index in [2.05, 4.69) is 15.9 Å². The van der Waals surface area contributed by atoms with Crippen LogP contribution in [0.2, 0.25) is 0 Å². The predicted octanol–water partition coefficient (Wildman–Crippen LogP) is 3.82. The number of aliphatic hydroxyl groups excluding tert-OH is 1. The van der Waals surface area contributed by atoms with Crippen molar-refractivity contribution in [2.45, 2.75) is 12.5 Å². The van der Waals surface area contributed by atoms with E-state index in [4.69, 9.17) is 0 Å². The van der Waals surface area contributed by atoms with Gasteiger partial charge in [-0.05, 0) is 44.8 Å². The van der Waals surface area contributed by atoms with E-state index >= 15 is 0 Å². The van der Waals surface area contributed by atoms with Crippen LogP contribution in [-0.4, -0.2) is 53.8 Å². The number of ketones is 1. The molecule has 1 atom stereocenters. The summed E-state index contributed by atoms with van der Waals surface area (Å²) in [4.78, 5) is 29.3. The number of aliphatic hydroxyl groups is 1. The molecule has 6 heteroatoms. The smallest absolute Gasteiger partial charge is 0.295 e. The van der Waals surface area contributed by atoms with E-state index in [1.165, 1.54) is 0 Å². The Labute approximate surface area is 173 Å². The summed E-state index contributed by atoms with van der Waals surface area (Å²) in [6.45, 7) is 1.23. The first kappa shape index (κ1) is 20.3. The van der Waals surface area contributed by atoms with Gasteiger partial charge < -0.3 is 14.9 Å². The number of hydrogen-bond donors (Lipinski definition) is 1. The highest BCUT2D eigenvalue weighted by molar-refractivity contribution is 9.10. The zero-order valence-electron chi connectivity index (χ0n) is 15.9. The van der Waals surface area contributed by atoms with E-state index in [0.717, 1.165) is 23.0 Å². The lowest BCUT2D eigenvalue weighted by molar-refractivity contribution is -0.139. The van der Waals surface area contributed by atoms with Gasteiger partial charge in [0, 0.05) is 16.6 Å². The van der Waals surface area contributed by atoms with Gasteiger partial charge in [0.05, 0.1) is 11.6 Å². The number of nitrogens with zero attached hydrogens (tertiary/aromatic N) is 2. The molecular formula is C22H23BrN2O3. The van der Waals surface area contributed by atoms with Crippen LogP contribution in [0.4, 0.5) is 0 Å². The second-order valence-electron chi connectivity index (χ2n) is 7.07. The molecule has 1 aliphatic rings. The van der Waals surface area contributed by atoms with E-state index in [1.54, 1.807) is 29.2 Å². The Hall–Kier alpha value is -2.44. The summed E-state index contributed by atoms with van der Waals surface area (Å²) >= 11 is 3.46.